The lowest BCUT2D eigenvalue weighted by atomic mass is 10.1. The minimum Gasteiger partial charge on any atom is -0.454 e. The van der Waals surface area contributed by atoms with E-state index in [2.05, 4.69) is 20.1 Å². The monoisotopic (exact) mass is 453 g/mol. The van der Waals surface area contributed by atoms with Gasteiger partial charge in [-0.2, -0.15) is 0 Å². The van der Waals surface area contributed by atoms with Gasteiger partial charge in [-0.25, -0.2) is 9.97 Å². The lowest BCUT2D eigenvalue weighted by molar-refractivity contribution is 0.102. The van der Waals surface area contributed by atoms with E-state index in [1.807, 2.05) is 48.7 Å². The van der Waals surface area contributed by atoms with Gasteiger partial charge in [0, 0.05) is 55.7 Å². The molecular weight excluding hydrogens is 430 g/mol. The predicted molar refractivity (Wildman–Crippen MR) is 131 cm³/mol. The van der Waals surface area contributed by atoms with E-state index in [1.54, 1.807) is 24.4 Å². The summed E-state index contributed by atoms with van der Waals surface area (Å²) in [5.74, 6) is 2.99. The van der Waals surface area contributed by atoms with Crippen molar-refractivity contribution in [2.75, 3.05) is 48.1 Å². The highest BCUT2D eigenvalue weighted by Gasteiger charge is 2.22. The van der Waals surface area contributed by atoms with Crippen LogP contribution in [0.15, 0.2) is 73.1 Å². The molecular formula is C26H23N5O3. The zero-order valence-corrected chi connectivity index (χ0v) is 18.5. The average Bonchev–Trinajstić information content (AvgIpc) is 3.37. The lowest BCUT2D eigenvalue weighted by Crippen LogP contribution is -2.47. The first-order valence-corrected chi connectivity index (χ1v) is 11.3. The minimum absolute atomic E-state index is 0.193. The number of nitrogens with one attached hydrogen (secondary N) is 1. The van der Waals surface area contributed by atoms with E-state index in [-0.39, 0.29) is 12.7 Å². The van der Waals surface area contributed by atoms with Gasteiger partial charge in [-0.05, 0) is 29.7 Å². The SMILES string of the molecule is O=C(Nc1ccc2c(c1)OCO2)c1cnc(N2CCN(c3ccccn3)CC2)c2ccccc12. The fourth-order valence-corrected chi connectivity index (χ4v) is 4.47. The third-order valence-electron chi connectivity index (χ3n) is 6.20. The number of piperazine rings is 1. The van der Waals surface area contributed by atoms with E-state index < -0.39 is 0 Å². The number of carbonyl (C=O) groups excluding carboxylic acids is 1. The number of amides is 1. The number of aromatic nitrogens is 2. The molecule has 1 N–H and O–H groups in total. The molecule has 1 fully saturated rings. The molecule has 0 spiro atoms. The average molecular weight is 454 g/mol. The molecule has 2 aromatic heterocycles. The van der Waals surface area contributed by atoms with Gasteiger partial charge < -0.3 is 24.6 Å². The minimum atomic E-state index is -0.214. The van der Waals surface area contributed by atoms with Crippen LogP contribution in [0.1, 0.15) is 10.4 Å². The van der Waals surface area contributed by atoms with Gasteiger partial charge in [-0.1, -0.05) is 30.3 Å². The Labute approximate surface area is 196 Å². The summed E-state index contributed by atoms with van der Waals surface area (Å²) in [4.78, 5) is 26.9. The van der Waals surface area contributed by atoms with Crippen LogP contribution >= 0.6 is 0 Å². The van der Waals surface area contributed by atoms with Gasteiger partial charge in [0.2, 0.25) is 6.79 Å². The molecule has 1 amide bonds. The summed E-state index contributed by atoms with van der Waals surface area (Å²) >= 11 is 0. The van der Waals surface area contributed by atoms with Crippen molar-refractivity contribution in [3.8, 4) is 11.5 Å². The smallest absolute Gasteiger partial charge is 0.257 e. The summed E-state index contributed by atoms with van der Waals surface area (Å²) in [6.07, 6.45) is 3.50. The summed E-state index contributed by atoms with van der Waals surface area (Å²) < 4.78 is 10.8. The summed E-state index contributed by atoms with van der Waals surface area (Å²) in [6, 6.07) is 19.3. The number of carbonyl (C=O) groups is 1. The molecule has 34 heavy (non-hydrogen) atoms. The number of rotatable bonds is 4. The molecule has 8 heteroatoms. The van der Waals surface area contributed by atoms with E-state index in [9.17, 15) is 4.79 Å². The van der Waals surface area contributed by atoms with Crippen molar-refractivity contribution in [3.63, 3.8) is 0 Å². The maximum Gasteiger partial charge on any atom is 0.257 e. The Hall–Kier alpha value is -4.33. The van der Waals surface area contributed by atoms with Crippen LogP contribution in [0.5, 0.6) is 11.5 Å². The number of hydrogen-bond acceptors (Lipinski definition) is 7. The van der Waals surface area contributed by atoms with Gasteiger partial charge in [0.1, 0.15) is 11.6 Å². The fourth-order valence-electron chi connectivity index (χ4n) is 4.47. The summed E-state index contributed by atoms with van der Waals surface area (Å²) in [5.41, 5.74) is 1.18. The third-order valence-corrected chi connectivity index (χ3v) is 6.20. The third kappa shape index (κ3) is 3.73. The number of fused-ring (bicyclic) bond motifs is 2. The van der Waals surface area contributed by atoms with Gasteiger partial charge in [-0.15, -0.1) is 0 Å². The van der Waals surface area contributed by atoms with Gasteiger partial charge in [0.25, 0.3) is 5.91 Å². The molecule has 0 bridgehead atoms. The molecule has 0 aliphatic carbocycles. The van der Waals surface area contributed by atoms with Crippen LogP contribution in [0, 0.1) is 0 Å². The Morgan fingerprint density at radius 1 is 0.824 bits per heavy atom. The van der Waals surface area contributed by atoms with E-state index in [4.69, 9.17) is 14.5 Å². The highest BCUT2D eigenvalue weighted by molar-refractivity contribution is 6.14. The van der Waals surface area contributed by atoms with Crippen molar-refractivity contribution < 1.29 is 14.3 Å². The summed E-state index contributed by atoms with van der Waals surface area (Å²) in [7, 11) is 0. The quantitative estimate of drug-likeness (QED) is 0.501. The Morgan fingerprint density at radius 3 is 2.41 bits per heavy atom. The molecule has 2 aliphatic rings. The maximum atomic E-state index is 13.2. The number of hydrogen-bond donors (Lipinski definition) is 1. The first kappa shape index (κ1) is 20.3. The fraction of sp³-hybridized carbons (Fsp3) is 0.192. The first-order valence-electron chi connectivity index (χ1n) is 11.3. The van der Waals surface area contributed by atoms with Crippen LogP contribution in [0.3, 0.4) is 0 Å². The Bertz CT molecular complexity index is 1350. The molecule has 0 saturated carbocycles. The van der Waals surface area contributed by atoms with Crippen LogP contribution < -0.4 is 24.6 Å². The number of nitrogens with zero attached hydrogens (tertiary/aromatic N) is 4. The number of ether oxygens (including phenoxy) is 2. The maximum absolute atomic E-state index is 13.2. The molecule has 0 unspecified atom stereocenters. The summed E-state index contributed by atoms with van der Waals surface area (Å²) in [6.45, 7) is 3.57. The molecule has 1 saturated heterocycles. The Kier molecular flexibility index (Phi) is 5.10. The van der Waals surface area contributed by atoms with Gasteiger partial charge in [0.05, 0.1) is 5.56 Å². The topological polar surface area (TPSA) is 79.8 Å². The number of anilines is 3. The highest BCUT2D eigenvalue weighted by Crippen LogP contribution is 2.35. The van der Waals surface area contributed by atoms with Crippen molar-refractivity contribution in [1.29, 1.82) is 0 Å². The van der Waals surface area contributed by atoms with E-state index >= 15 is 0 Å². The normalized spacial score (nSPS) is 14.9. The van der Waals surface area contributed by atoms with Crippen molar-refractivity contribution in [2.45, 2.75) is 0 Å². The van der Waals surface area contributed by atoms with Crippen molar-refractivity contribution in [2.24, 2.45) is 0 Å². The Balaban J connectivity index is 1.24. The van der Waals surface area contributed by atoms with Gasteiger partial charge >= 0.3 is 0 Å². The molecule has 170 valence electrons. The highest BCUT2D eigenvalue weighted by atomic mass is 16.7. The number of pyridine rings is 2. The molecule has 0 atom stereocenters. The molecule has 4 aromatic rings. The van der Waals surface area contributed by atoms with Gasteiger partial charge in [-0.3, -0.25) is 4.79 Å². The van der Waals surface area contributed by atoms with Crippen LogP contribution in [-0.2, 0) is 0 Å². The van der Waals surface area contributed by atoms with Crippen LogP contribution in [0.4, 0.5) is 17.3 Å². The van der Waals surface area contributed by atoms with Crippen LogP contribution in [0.2, 0.25) is 0 Å². The van der Waals surface area contributed by atoms with E-state index in [0.717, 1.165) is 48.6 Å². The van der Waals surface area contributed by atoms with E-state index in [1.165, 1.54) is 0 Å². The summed E-state index contributed by atoms with van der Waals surface area (Å²) in [5, 5.41) is 4.80. The molecule has 8 nitrogen and oxygen atoms in total. The Morgan fingerprint density at radius 2 is 1.59 bits per heavy atom. The second-order valence-corrected chi connectivity index (χ2v) is 8.23. The molecule has 2 aliphatic heterocycles. The molecule has 4 heterocycles. The zero-order chi connectivity index (χ0) is 22.9. The molecule has 6 rings (SSSR count). The zero-order valence-electron chi connectivity index (χ0n) is 18.5. The van der Waals surface area contributed by atoms with E-state index in [0.29, 0.717) is 22.7 Å². The largest absolute Gasteiger partial charge is 0.454 e. The second kappa shape index (κ2) is 8.55. The van der Waals surface area contributed by atoms with Crippen molar-refractivity contribution in [3.05, 3.63) is 78.6 Å². The first-order chi connectivity index (χ1) is 16.8. The standard InChI is InChI=1S/C26H23N5O3/c32-26(29-18-8-9-22-23(15-18)34-17-33-22)21-16-28-25(20-6-2-1-5-19(20)21)31-13-11-30(12-14-31)24-7-3-4-10-27-24/h1-10,15-16H,11-14,17H2,(H,29,32). The van der Waals surface area contributed by atoms with Gasteiger partial charge in [0.15, 0.2) is 11.5 Å². The van der Waals surface area contributed by atoms with Crippen LogP contribution in [0.25, 0.3) is 10.8 Å². The van der Waals surface area contributed by atoms with Crippen LogP contribution in [-0.4, -0.2) is 48.8 Å². The number of benzene rings is 2. The molecule has 2 aromatic carbocycles. The lowest BCUT2D eigenvalue weighted by Gasteiger charge is -2.36. The van der Waals surface area contributed by atoms with Crippen molar-refractivity contribution in [1.82, 2.24) is 9.97 Å². The second-order valence-electron chi connectivity index (χ2n) is 8.23. The molecule has 0 radical (unpaired) electrons. The van der Waals surface area contributed by atoms with Crippen molar-refractivity contribution >= 4 is 34.0 Å². The predicted octanol–water partition coefficient (Wildman–Crippen LogP) is 3.94.